The number of carbonyl (C=O) groups is 1. The second kappa shape index (κ2) is 11.5. The molecule has 3 aromatic rings. The van der Waals surface area contributed by atoms with Crippen LogP contribution in [0.25, 0.3) is 11.0 Å². The number of hydrogen-bond donors (Lipinski definition) is 1. The molecule has 2 aliphatic rings. The third-order valence-corrected chi connectivity index (χ3v) is 8.48. The summed E-state index contributed by atoms with van der Waals surface area (Å²) in [5.41, 5.74) is 3.73. The van der Waals surface area contributed by atoms with Gasteiger partial charge in [-0.3, -0.25) is 19.1 Å². The van der Waals surface area contributed by atoms with Gasteiger partial charge in [-0.25, -0.2) is 4.98 Å². The molecule has 0 aliphatic carbocycles. The summed E-state index contributed by atoms with van der Waals surface area (Å²) in [5, 5.41) is 4.34. The van der Waals surface area contributed by atoms with Gasteiger partial charge in [0.1, 0.15) is 5.65 Å². The molecule has 40 heavy (non-hydrogen) atoms. The second-order valence-corrected chi connectivity index (χ2v) is 11.2. The summed E-state index contributed by atoms with van der Waals surface area (Å²) in [5.74, 6) is 0.513. The number of aryl methyl sites for hydroxylation is 1. The number of nitrogens with zero attached hydrogens (tertiary/aromatic N) is 5. The zero-order chi connectivity index (χ0) is 28.4. The average molecular weight is 545 g/mol. The van der Waals surface area contributed by atoms with Gasteiger partial charge in [0.05, 0.1) is 17.3 Å². The molecule has 1 aromatic carbocycles. The Morgan fingerprint density at radius 2 is 1.70 bits per heavy atom. The summed E-state index contributed by atoms with van der Waals surface area (Å²) in [6, 6.07) is 12.2. The van der Waals surface area contributed by atoms with E-state index in [0.29, 0.717) is 24.7 Å². The zero-order valence-electron chi connectivity index (χ0n) is 24.0. The van der Waals surface area contributed by atoms with Crippen LogP contribution < -0.4 is 10.9 Å². The molecule has 5 rings (SSSR count). The first kappa shape index (κ1) is 28.0. The second-order valence-electron chi connectivity index (χ2n) is 11.2. The molecule has 2 aliphatic heterocycles. The Balaban J connectivity index is 1.37. The van der Waals surface area contributed by atoms with Gasteiger partial charge in [-0.05, 0) is 63.8 Å². The molecule has 4 heterocycles. The number of fused-ring (bicyclic) bond motifs is 1. The van der Waals surface area contributed by atoms with E-state index in [9.17, 15) is 9.59 Å². The first-order valence-corrected chi connectivity index (χ1v) is 14.2. The maximum Gasteiger partial charge on any atom is 0.252 e. The van der Waals surface area contributed by atoms with Crippen molar-refractivity contribution in [1.29, 1.82) is 0 Å². The summed E-state index contributed by atoms with van der Waals surface area (Å²) < 4.78 is 7.48. The first-order valence-electron chi connectivity index (χ1n) is 14.2. The van der Waals surface area contributed by atoms with Crippen LogP contribution in [0.5, 0.6) is 0 Å². The van der Waals surface area contributed by atoms with Gasteiger partial charge in [0, 0.05) is 56.9 Å². The summed E-state index contributed by atoms with van der Waals surface area (Å²) in [7, 11) is 0. The van der Waals surface area contributed by atoms with Crippen molar-refractivity contribution >= 4 is 22.9 Å². The molecule has 0 radical (unpaired) electrons. The highest BCUT2D eigenvalue weighted by Gasteiger charge is 2.41. The summed E-state index contributed by atoms with van der Waals surface area (Å²) in [6.45, 7) is 16.2. The molecule has 212 valence electrons. The van der Waals surface area contributed by atoms with Crippen molar-refractivity contribution < 1.29 is 9.53 Å². The SMILES string of the molecule is C=CC(=O)N1CCN(C2(c3ccc([C@H](C)Nc4nc(C)c5ccc(=O)n(C(C)C)c5n4)cc3)CCOCC2)CC1. The number of rotatable bonds is 7. The van der Waals surface area contributed by atoms with Crippen LogP contribution >= 0.6 is 0 Å². The number of carbonyl (C=O) groups excluding carboxylic acids is 1. The predicted molar refractivity (Wildman–Crippen MR) is 157 cm³/mol. The van der Waals surface area contributed by atoms with Crippen molar-refractivity contribution in [2.45, 2.75) is 58.2 Å². The fraction of sp³-hybridized carbons (Fsp3) is 0.484. The highest BCUT2D eigenvalue weighted by atomic mass is 16.5. The first-order chi connectivity index (χ1) is 19.2. The molecule has 2 saturated heterocycles. The number of anilines is 1. The van der Waals surface area contributed by atoms with Gasteiger partial charge in [0.25, 0.3) is 5.56 Å². The van der Waals surface area contributed by atoms with Crippen molar-refractivity contribution in [2.75, 3.05) is 44.7 Å². The van der Waals surface area contributed by atoms with Crippen molar-refractivity contribution in [3.05, 3.63) is 76.2 Å². The molecule has 0 spiro atoms. The number of pyridine rings is 1. The van der Waals surface area contributed by atoms with Crippen LogP contribution in [0.2, 0.25) is 0 Å². The van der Waals surface area contributed by atoms with Crippen LogP contribution in [-0.2, 0) is 15.1 Å². The average Bonchev–Trinajstić information content (AvgIpc) is 2.97. The van der Waals surface area contributed by atoms with E-state index in [1.807, 2.05) is 25.7 Å². The molecule has 2 aromatic heterocycles. The van der Waals surface area contributed by atoms with Gasteiger partial charge in [-0.15, -0.1) is 0 Å². The van der Waals surface area contributed by atoms with Gasteiger partial charge in [0.15, 0.2) is 0 Å². The fourth-order valence-electron chi connectivity index (χ4n) is 6.19. The van der Waals surface area contributed by atoms with E-state index in [1.54, 1.807) is 16.7 Å². The molecule has 9 nitrogen and oxygen atoms in total. The maximum absolute atomic E-state index is 12.6. The molecule has 0 bridgehead atoms. The minimum absolute atomic E-state index is 0.00426. The van der Waals surface area contributed by atoms with E-state index in [0.717, 1.165) is 55.8 Å². The van der Waals surface area contributed by atoms with Gasteiger partial charge in [0.2, 0.25) is 11.9 Å². The number of ether oxygens (including phenoxy) is 1. The third kappa shape index (κ3) is 5.28. The Labute approximate surface area is 235 Å². The van der Waals surface area contributed by atoms with Gasteiger partial charge >= 0.3 is 0 Å². The standard InChI is InChI=1S/C31H40N6O3/c1-6-27(38)35-15-17-36(18-16-35)31(13-19-40-20-14-31)25-9-7-24(8-10-25)22(4)32-30-33-23(5)26-11-12-28(39)37(21(2)3)29(26)34-30/h6-12,21-22H,1,13-20H2,2-5H3,(H,32,33,34)/t22-/m0/s1. The normalized spacial score (nSPS) is 18.6. The van der Waals surface area contributed by atoms with Gasteiger partial charge < -0.3 is 15.0 Å². The molecule has 1 atom stereocenters. The molecular formula is C31H40N6O3. The number of amides is 1. The lowest BCUT2D eigenvalue weighted by Gasteiger charge is -2.50. The monoisotopic (exact) mass is 544 g/mol. The lowest BCUT2D eigenvalue weighted by Crippen LogP contribution is -2.58. The van der Waals surface area contributed by atoms with E-state index in [1.165, 1.54) is 11.6 Å². The third-order valence-electron chi connectivity index (χ3n) is 8.48. The Morgan fingerprint density at radius 1 is 1.02 bits per heavy atom. The van der Waals surface area contributed by atoms with Crippen LogP contribution in [0.4, 0.5) is 5.95 Å². The minimum atomic E-state index is -0.101. The molecular weight excluding hydrogens is 504 g/mol. The Bertz CT molecular complexity index is 1430. The number of piperazine rings is 1. The molecule has 1 N–H and O–H groups in total. The van der Waals surface area contributed by atoms with Crippen LogP contribution in [0.15, 0.2) is 53.8 Å². The van der Waals surface area contributed by atoms with Gasteiger partial charge in [-0.2, -0.15) is 4.98 Å². The maximum atomic E-state index is 12.6. The summed E-state index contributed by atoms with van der Waals surface area (Å²) >= 11 is 0. The molecule has 9 heteroatoms. The van der Waals surface area contributed by atoms with Crippen molar-refractivity contribution in [1.82, 2.24) is 24.3 Å². The highest BCUT2D eigenvalue weighted by molar-refractivity contribution is 5.87. The topological polar surface area (TPSA) is 92.6 Å². The summed E-state index contributed by atoms with van der Waals surface area (Å²) in [6.07, 6.45) is 3.26. The molecule has 0 saturated carbocycles. The van der Waals surface area contributed by atoms with Crippen molar-refractivity contribution in [3.63, 3.8) is 0 Å². The van der Waals surface area contributed by atoms with E-state index >= 15 is 0 Å². The van der Waals surface area contributed by atoms with Crippen LogP contribution in [0, 0.1) is 6.92 Å². The fourth-order valence-corrected chi connectivity index (χ4v) is 6.19. The highest BCUT2D eigenvalue weighted by Crippen LogP contribution is 2.39. The number of hydrogen-bond acceptors (Lipinski definition) is 7. The molecule has 0 unspecified atom stereocenters. The zero-order valence-corrected chi connectivity index (χ0v) is 24.0. The largest absolute Gasteiger partial charge is 0.381 e. The number of aromatic nitrogens is 3. The molecule has 1 amide bonds. The predicted octanol–water partition coefficient (Wildman–Crippen LogP) is 4.19. The quantitative estimate of drug-likeness (QED) is 0.446. The molecule has 2 fully saturated rings. The Kier molecular flexibility index (Phi) is 8.05. The lowest BCUT2D eigenvalue weighted by atomic mass is 9.80. The van der Waals surface area contributed by atoms with Crippen molar-refractivity contribution in [3.8, 4) is 0 Å². The van der Waals surface area contributed by atoms with E-state index < -0.39 is 0 Å². The minimum Gasteiger partial charge on any atom is -0.381 e. The van der Waals surface area contributed by atoms with Crippen LogP contribution in [0.1, 0.15) is 62.5 Å². The number of benzene rings is 1. The Morgan fingerprint density at radius 3 is 2.33 bits per heavy atom. The van der Waals surface area contributed by atoms with Crippen molar-refractivity contribution in [2.24, 2.45) is 0 Å². The smallest absolute Gasteiger partial charge is 0.252 e. The lowest BCUT2D eigenvalue weighted by molar-refractivity contribution is -0.130. The van der Waals surface area contributed by atoms with Gasteiger partial charge in [-0.1, -0.05) is 30.8 Å². The van der Waals surface area contributed by atoms with E-state index in [2.05, 4.69) is 48.0 Å². The van der Waals surface area contributed by atoms with Crippen LogP contribution in [0.3, 0.4) is 0 Å². The Hall–Kier alpha value is -3.56. The van der Waals surface area contributed by atoms with E-state index in [-0.39, 0.29) is 29.1 Å². The number of nitrogens with one attached hydrogen (secondary N) is 1. The van der Waals surface area contributed by atoms with Crippen LogP contribution in [-0.4, -0.2) is 69.6 Å². The summed E-state index contributed by atoms with van der Waals surface area (Å²) in [4.78, 5) is 38.5. The van der Waals surface area contributed by atoms with E-state index in [4.69, 9.17) is 14.7 Å².